The number of pyridine rings is 1. The Morgan fingerprint density at radius 1 is 1.17 bits per heavy atom. The largest absolute Gasteiger partial charge is 0.435 e. The lowest BCUT2D eigenvalue weighted by molar-refractivity contribution is -0.141. The molecule has 3 aromatic heterocycles. The van der Waals surface area contributed by atoms with Crippen LogP contribution in [0.5, 0.6) is 0 Å². The summed E-state index contributed by atoms with van der Waals surface area (Å²) in [7, 11) is 0. The topological polar surface area (TPSA) is 154 Å². The average molecular weight is 503 g/mol. The number of nitrogens with zero attached hydrogens (tertiary/aromatic N) is 5. The summed E-state index contributed by atoms with van der Waals surface area (Å²) in [6.45, 7) is 1.05. The summed E-state index contributed by atoms with van der Waals surface area (Å²) in [6.07, 6.45) is -5.02. The SMILES string of the molecule is Cc1c(-c2c(C(N)=O)nc3cc(F)ccc3c2C(N)=O)c(C(F)(F)F)nn1Cc1csc(C#N)n1. The van der Waals surface area contributed by atoms with Crippen LogP contribution in [0.4, 0.5) is 17.6 Å². The van der Waals surface area contributed by atoms with E-state index in [4.69, 9.17) is 16.7 Å². The first-order valence-corrected chi connectivity index (χ1v) is 10.5. The monoisotopic (exact) mass is 503 g/mol. The minimum absolute atomic E-state index is 0.0719. The summed E-state index contributed by atoms with van der Waals surface area (Å²) in [5, 5.41) is 14.1. The van der Waals surface area contributed by atoms with E-state index in [-0.39, 0.29) is 33.8 Å². The molecule has 14 heteroatoms. The van der Waals surface area contributed by atoms with Crippen LogP contribution < -0.4 is 11.5 Å². The molecule has 4 aromatic rings. The zero-order chi connectivity index (χ0) is 25.7. The Labute approximate surface area is 197 Å². The number of aromatic nitrogens is 4. The maximum atomic E-state index is 14.1. The average Bonchev–Trinajstić information content (AvgIpc) is 3.36. The van der Waals surface area contributed by atoms with Crippen LogP contribution in [0.15, 0.2) is 23.6 Å². The first-order chi connectivity index (χ1) is 16.4. The second-order valence-corrected chi connectivity index (χ2v) is 8.18. The van der Waals surface area contributed by atoms with Gasteiger partial charge in [-0.3, -0.25) is 14.3 Å². The second kappa shape index (κ2) is 8.44. The Morgan fingerprint density at radius 2 is 1.89 bits per heavy atom. The number of thiazole rings is 1. The number of alkyl halides is 3. The van der Waals surface area contributed by atoms with E-state index in [0.29, 0.717) is 0 Å². The number of nitrogens with two attached hydrogens (primary N) is 2. The third-order valence-electron chi connectivity index (χ3n) is 5.11. The maximum absolute atomic E-state index is 14.1. The molecule has 0 unspecified atom stereocenters. The highest BCUT2D eigenvalue weighted by molar-refractivity contribution is 7.10. The molecule has 0 fully saturated rings. The fraction of sp³-hybridized carbons (Fsp3) is 0.143. The van der Waals surface area contributed by atoms with Crippen LogP contribution in [0.25, 0.3) is 22.0 Å². The van der Waals surface area contributed by atoms with Crippen molar-refractivity contribution in [2.75, 3.05) is 0 Å². The van der Waals surface area contributed by atoms with Gasteiger partial charge < -0.3 is 11.5 Å². The number of hydrogen-bond donors (Lipinski definition) is 2. The van der Waals surface area contributed by atoms with Crippen LogP contribution in [0, 0.1) is 24.1 Å². The van der Waals surface area contributed by atoms with E-state index in [1.807, 2.05) is 6.07 Å². The smallest absolute Gasteiger partial charge is 0.366 e. The lowest BCUT2D eigenvalue weighted by atomic mass is 9.92. The van der Waals surface area contributed by atoms with Crippen LogP contribution in [0.1, 0.15) is 42.9 Å². The number of rotatable bonds is 5. The molecule has 4 rings (SSSR count). The Morgan fingerprint density at radius 3 is 2.46 bits per heavy atom. The molecule has 0 aliphatic rings. The number of carbonyl (C=O) groups excluding carboxylic acids is 2. The van der Waals surface area contributed by atoms with Gasteiger partial charge in [0.05, 0.1) is 23.3 Å². The molecular weight excluding hydrogens is 490 g/mol. The van der Waals surface area contributed by atoms with Crippen molar-refractivity contribution in [2.24, 2.45) is 11.5 Å². The fourth-order valence-corrected chi connectivity index (χ4v) is 4.30. The molecule has 0 atom stereocenters. The van der Waals surface area contributed by atoms with Crippen molar-refractivity contribution in [3.8, 4) is 17.2 Å². The summed E-state index contributed by atoms with van der Waals surface area (Å²) in [5.74, 6) is -3.20. The molecule has 0 aliphatic carbocycles. The van der Waals surface area contributed by atoms with Gasteiger partial charge in [0, 0.05) is 33.7 Å². The van der Waals surface area contributed by atoms with Crippen molar-refractivity contribution < 1.29 is 27.2 Å². The third kappa shape index (κ3) is 4.17. The number of amides is 2. The van der Waals surface area contributed by atoms with Gasteiger partial charge in [-0.1, -0.05) is 0 Å². The summed E-state index contributed by atoms with van der Waals surface area (Å²) >= 11 is 1.00. The van der Waals surface area contributed by atoms with Crippen molar-refractivity contribution in [1.29, 1.82) is 5.26 Å². The molecule has 0 aliphatic heterocycles. The van der Waals surface area contributed by atoms with E-state index >= 15 is 0 Å². The lowest BCUT2D eigenvalue weighted by Crippen LogP contribution is -2.21. The van der Waals surface area contributed by atoms with Gasteiger partial charge in [-0.2, -0.15) is 23.5 Å². The quantitative estimate of drug-likeness (QED) is 0.399. The minimum atomic E-state index is -5.02. The highest BCUT2D eigenvalue weighted by Gasteiger charge is 2.41. The zero-order valence-electron chi connectivity index (χ0n) is 17.6. The van der Waals surface area contributed by atoms with Crippen LogP contribution in [0.3, 0.4) is 0 Å². The van der Waals surface area contributed by atoms with Gasteiger partial charge in [0.25, 0.3) is 5.91 Å². The Balaban J connectivity index is 2.09. The number of primary amides is 2. The number of hydrogen-bond acceptors (Lipinski definition) is 7. The molecule has 2 amide bonds. The van der Waals surface area contributed by atoms with Crippen LogP contribution in [-0.2, 0) is 12.7 Å². The molecule has 178 valence electrons. The van der Waals surface area contributed by atoms with Gasteiger partial charge in [-0.15, -0.1) is 11.3 Å². The number of halogens is 4. The first kappa shape index (κ1) is 23.8. The van der Waals surface area contributed by atoms with E-state index < -0.39 is 51.9 Å². The highest BCUT2D eigenvalue weighted by atomic mass is 32.1. The summed E-state index contributed by atoms with van der Waals surface area (Å²) in [6, 6.07) is 4.83. The molecule has 0 bridgehead atoms. The van der Waals surface area contributed by atoms with Gasteiger partial charge >= 0.3 is 6.18 Å². The molecular formula is C21H13F4N7O2S. The molecule has 35 heavy (non-hydrogen) atoms. The van der Waals surface area contributed by atoms with E-state index in [2.05, 4.69) is 15.1 Å². The standard InChI is InChI=1S/C21H13F4N7O2S/c1-8-14(18(21(23,24)25)31-32(8)6-10-7-35-13(5-26)29-10)16-15(19(27)33)11-3-2-9(22)4-12(11)30-17(16)20(28)34/h2-4,7H,6H2,1H3,(H2,27,33)(H2,28,34). The molecule has 1 aromatic carbocycles. The zero-order valence-corrected chi connectivity index (χ0v) is 18.5. The third-order valence-corrected chi connectivity index (χ3v) is 5.91. The van der Waals surface area contributed by atoms with E-state index in [1.165, 1.54) is 12.3 Å². The number of carbonyl (C=O) groups is 2. The van der Waals surface area contributed by atoms with E-state index in [0.717, 1.165) is 34.2 Å². The minimum Gasteiger partial charge on any atom is -0.366 e. The van der Waals surface area contributed by atoms with E-state index in [9.17, 15) is 27.2 Å². The molecule has 0 radical (unpaired) electrons. The Hall–Kier alpha value is -4.38. The second-order valence-electron chi connectivity index (χ2n) is 7.32. The summed E-state index contributed by atoms with van der Waals surface area (Å²) in [4.78, 5) is 32.7. The fourth-order valence-electron chi connectivity index (χ4n) is 3.70. The van der Waals surface area contributed by atoms with Crippen molar-refractivity contribution in [1.82, 2.24) is 19.7 Å². The predicted octanol–water partition coefficient (Wildman–Crippen LogP) is 3.14. The maximum Gasteiger partial charge on any atom is 0.435 e. The Kier molecular flexibility index (Phi) is 5.73. The van der Waals surface area contributed by atoms with Crippen LogP contribution in [-0.4, -0.2) is 31.6 Å². The van der Waals surface area contributed by atoms with Crippen molar-refractivity contribution in [3.05, 3.63) is 62.7 Å². The highest BCUT2D eigenvalue weighted by Crippen LogP contribution is 2.42. The van der Waals surface area contributed by atoms with Crippen molar-refractivity contribution >= 4 is 34.1 Å². The molecule has 3 heterocycles. The number of fused-ring (bicyclic) bond motifs is 1. The van der Waals surface area contributed by atoms with Crippen LogP contribution >= 0.6 is 11.3 Å². The number of benzene rings is 1. The molecule has 0 saturated heterocycles. The van der Waals surface area contributed by atoms with E-state index in [1.54, 1.807) is 0 Å². The molecule has 4 N–H and O–H groups in total. The predicted molar refractivity (Wildman–Crippen MR) is 116 cm³/mol. The van der Waals surface area contributed by atoms with Crippen molar-refractivity contribution in [3.63, 3.8) is 0 Å². The van der Waals surface area contributed by atoms with Gasteiger partial charge in [-0.25, -0.2) is 14.4 Å². The van der Waals surface area contributed by atoms with Crippen molar-refractivity contribution in [2.45, 2.75) is 19.6 Å². The van der Waals surface area contributed by atoms with Gasteiger partial charge in [-0.05, 0) is 19.1 Å². The first-order valence-electron chi connectivity index (χ1n) is 9.64. The molecule has 0 saturated carbocycles. The van der Waals surface area contributed by atoms with Gasteiger partial charge in [0.2, 0.25) is 5.91 Å². The van der Waals surface area contributed by atoms with Gasteiger partial charge in [0.1, 0.15) is 17.6 Å². The summed E-state index contributed by atoms with van der Waals surface area (Å²) < 4.78 is 57.1. The summed E-state index contributed by atoms with van der Waals surface area (Å²) in [5.41, 5.74) is 7.12. The Bertz CT molecular complexity index is 1570. The normalized spacial score (nSPS) is 11.5. The number of nitriles is 1. The molecule has 9 nitrogen and oxygen atoms in total. The van der Waals surface area contributed by atoms with Crippen LogP contribution in [0.2, 0.25) is 0 Å². The van der Waals surface area contributed by atoms with Gasteiger partial charge in [0.15, 0.2) is 10.7 Å². The molecule has 0 spiro atoms. The lowest BCUT2D eigenvalue weighted by Gasteiger charge is -2.16.